The molecule has 0 fully saturated rings. The molecule has 136 valence electrons. The Morgan fingerprint density at radius 1 is 0.800 bits per heavy atom. The molecule has 0 saturated heterocycles. The molecule has 0 saturated carbocycles. The standard InChI is InChI=1S/2C8H12O3S.Sr/c2*1-7-3-5-8(2,6-4-7)12(9,10)11;/h2*3-5H,6H2,1-2H3,(H,9,10,11);/q;;+2/p-2. The monoisotopic (exact) mass is 462 g/mol. The van der Waals surface area contributed by atoms with Crippen molar-refractivity contribution in [2.45, 2.75) is 50.0 Å². The summed E-state index contributed by atoms with van der Waals surface area (Å²) in [6, 6.07) is 0. The first-order valence-electron chi connectivity index (χ1n) is 7.33. The van der Waals surface area contributed by atoms with Crippen LogP contribution in [0.25, 0.3) is 0 Å². The Morgan fingerprint density at radius 2 is 1.08 bits per heavy atom. The van der Waals surface area contributed by atoms with Crippen LogP contribution in [0.3, 0.4) is 0 Å². The van der Waals surface area contributed by atoms with Gasteiger partial charge < -0.3 is 9.11 Å². The predicted octanol–water partition coefficient (Wildman–Crippen LogP) is 2.01. The first-order valence-corrected chi connectivity index (χ1v) is 10.1. The van der Waals surface area contributed by atoms with Crippen LogP contribution in [-0.2, 0) is 20.2 Å². The van der Waals surface area contributed by atoms with E-state index in [-0.39, 0.29) is 58.3 Å². The van der Waals surface area contributed by atoms with Gasteiger partial charge in [-0.25, -0.2) is 16.8 Å². The van der Waals surface area contributed by atoms with Crippen LogP contribution in [-0.4, -0.2) is 80.9 Å². The fraction of sp³-hybridized carbons (Fsp3) is 0.500. The quantitative estimate of drug-likeness (QED) is 0.459. The molecule has 2 aliphatic rings. The van der Waals surface area contributed by atoms with Gasteiger partial charge in [-0.2, -0.15) is 0 Å². The molecular formula is C16H22O6S2Sr. The molecule has 0 heterocycles. The second kappa shape index (κ2) is 8.97. The van der Waals surface area contributed by atoms with E-state index < -0.39 is 29.7 Å². The van der Waals surface area contributed by atoms with Crippen molar-refractivity contribution in [3.8, 4) is 0 Å². The number of hydrogen-bond donors (Lipinski definition) is 0. The summed E-state index contributed by atoms with van der Waals surface area (Å²) in [7, 11) is -8.46. The minimum Gasteiger partial charge on any atom is -0.747 e. The average Bonchev–Trinajstić information content (AvgIpc) is 2.44. The molecule has 0 aromatic heterocycles. The molecule has 0 amide bonds. The summed E-state index contributed by atoms with van der Waals surface area (Å²) in [6.07, 6.45) is 10.3. The van der Waals surface area contributed by atoms with Crippen LogP contribution in [0.4, 0.5) is 0 Å². The third-order valence-electron chi connectivity index (χ3n) is 4.20. The molecule has 0 radical (unpaired) electrons. The van der Waals surface area contributed by atoms with Crippen LogP contribution < -0.4 is 0 Å². The molecule has 0 bridgehead atoms. The largest absolute Gasteiger partial charge is 2.00 e. The molecule has 9 heteroatoms. The minimum atomic E-state index is -4.23. The normalized spacial score (nSPS) is 28.9. The summed E-state index contributed by atoms with van der Waals surface area (Å²) in [5.41, 5.74) is 1.99. The second-order valence-electron chi connectivity index (χ2n) is 6.50. The third kappa shape index (κ3) is 6.73. The van der Waals surface area contributed by atoms with Crippen LogP contribution in [0.1, 0.15) is 40.5 Å². The Morgan fingerprint density at radius 3 is 1.24 bits per heavy atom. The summed E-state index contributed by atoms with van der Waals surface area (Å²) in [4.78, 5) is 0. The molecule has 25 heavy (non-hydrogen) atoms. The van der Waals surface area contributed by atoms with Gasteiger partial charge in [0, 0.05) is 0 Å². The fourth-order valence-corrected chi connectivity index (χ4v) is 3.03. The van der Waals surface area contributed by atoms with Crippen LogP contribution in [0.2, 0.25) is 0 Å². The van der Waals surface area contributed by atoms with Crippen molar-refractivity contribution >= 4 is 65.7 Å². The summed E-state index contributed by atoms with van der Waals surface area (Å²) in [6.45, 7) is 6.62. The first kappa shape index (κ1) is 25.3. The van der Waals surface area contributed by atoms with Crippen molar-refractivity contribution in [1.29, 1.82) is 0 Å². The Hall–Kier alpha value is 0.261. The van der Waals surface area contributed by atoms with E-state index in [2.05, 4.69) is 0 Å². The number of hydrogen-bond acceptors (Lipinski definition) is 6. The van der Waals surface area contributed by atoms with Gasteiger partial charge in [0.1, 0.15) is 20.2 Å². The van der Waals surface area contributed by atoms with Crippen molar-refractivity contribution in [3.05, 3.63) is 47.6 Å². The second-order valence-corrected chi connectivity index (χ2v) is 10.2. The molecule has 0 spiro atoms. The molecule has 0 aromatic rings. The van der Waals surface area contributed by atoms with Gasteiger partial charge in [0.15, 0.2) is 0 Å². The zero-order valence-corrected chi connectivity index (χ0v) is 20.0. The smallest absolute Gasteiger partial charge is 0.747 e. The van der Waals surface area contributed by atoms with Crippen molar-refractivity contribution in [3.63, 3.8) is 0 Å². The number of rotatable bonds is 2. The van der Waals surface area contributed by atoms with E-state index in [4.69, 9.17) is 0 Å². The first-order chi connectivity index (χ1) is 10.7. The molecule has 2 rings (SSSR count). The van der Waals surface area contributed by atoms with Gasteiger partial charge in [0.05, 0.1) is 9.49 Å². The Kier molecular flexibility index (Phi) is 9.06. The van der Waals surface area contributed by atoms with E-state index in [9.17, 15) is 25.9 Å². The molecule has 0 aromatic carbocycles. The van der Waals surface area contributed by atoms with Crippen LogP contribution in [0.15, 0.2) is 47.6 Å². The summed E-state index contributed by atoms with van der Waals surface area (Å²) in [5, 5.41) is 0. The minimum absolute atomic E-state index is 0. The summed E-state index contributed by atoms with van der Waals surface area (Å²) in [5.74, 6) is 0. The van der Waals surface area contributed by atoms with Crippen molar-refractivity contribution in [2.24, 2.45) is 0 Å². The summed E-state index contributed by atoms with van der Waals surface area (Å²) >= 11 is 0. The Bertz CT molecular complexity index is 751. The zero-order valence-electron chi connectivity index (χ0n) is 14.9. The molecule has 2 aliphatic carbocycles. The van der Waals surface area contributed by atoms with Gasteiger partial charge in [-0.1, -0.05) is 47.6 Å². The topological polar surface area (TPSA) is 114 Å². The van der Waals surface area contributed by atoms with E-state index in [0.29, 0.717) is 0 Å². The molecule has 2 unspecified atom stereocenters. The van der Waals surface area contributed by atoms with Gasteiger partial charge in [0.25, 0.3) is 0 Å². The van der Waals surface area contributed by atoms with Crippen LogP contribution >= 0.6 is 0 Å². The molecule has 2 atom stereocenters. The SMILES string of the molecule is CC1=CCC(C)(S(=O)(=O)[O-])C=C1.CC1=CCC(C)(S(=O)(=O)[O-])C=C1.[Sr+2]. The maximum Gasteiger partial charge on any atom is 2.00 e. The zero-order chi connectivity index (χ0) is 18.8. The van der Waals surface area contributed by atoms with Crippen molar-refractivity contribution in [2.75, 3.05) is 0 Å². The van der Waals surface area contributed by atoms with E-state index in [0.717, 1.165) is 11.1 Å². The van der Waals surface area contributed by atoms with Crippen LogP contribution in [0.5, 0.6) is 0 Å². The third-order valence-corrected chi connectivity index (χ3v) is 7.09. The average molecular weight is 462 g/mol. The van der Waals surface area contributed by atoms with Gasteiger partial charge in [-0.15, -0.1) is 0 Å². The molecule has 0 N–H and O–H groups in total. The van der Waals surface area contributed by atoms with Crippen LogP contribution in [0, 0.1) is 0 Å². The summed E-state index contributed by atoms with van der Waals surface area (Å²) < 4.78 is 62.2. The maximum absolute atomic E-state index is 10.8. The van der Waals surface area contributed by atoms with E-state index in [1.165, 1.54) is 26.0 Å². The van der Waals surface area contributed by atoms with Gasteiger partial charge in [-0.05, 0) is 40.5 Å². The predicted molar refractivity (Wildman–Crippen MR) is 97.0 cm³/mol. The van der Waals surface area contributed by atoms with Crippen molar-refractivity contribution < 1.29 is 25.9 Å². The van der Waals surface area contributed by atoms with Crippen molar-refractivity contribution in [1.82, 2.24) is 0 Å². The fourth-order valence-electron chi connectivity index (χ4n) is 1.99. The van der Waals surface area contributed by atoms with Gasteiger partial charge in [0.2, 0.25) is 0 Å². The Balaban J connectivity index is 0.000000443. The molecular weight excluding hydrogens is 440 g/mol. The molecule has 0 aliphatic heterocycles. The maximum atomic E-state index is 10.8. The van der Waals surface area contributed by atoms with Gasteiger partial charge in [-0.3, -0.25) is 0 Å². The van der Waals surface area contributed by atoms with Gasteiger partial charge >= 0.3 is 45.5 Å². The van der Waals surface area contributed by atoms with E-state index >= 15 is 0 Å². The van der Waals surface area contributed by atoms with E-state index in [1.54, 1.807) is 24.3 Å². The Labute approximate surface area is 187 Å². The number of allylic oxidation sites excluding steroid dienone is 6. The molecule has 6 nitrogen and oxygen atoms in total. The van der Waals surface area contributed by atoms with E-state index in [1.807, 2.05) is 13.8 Å².